The second-order valence-corrected chi connectivity index (χ2v) is 7.03. The van der Waals surface area contributed by atoms with E-state index < -0.39 is 16.0 Å². The van der Waals surface area contributed by atoms with Gasteiger partial charge in [-0.2, -0.15) is 0 Å². The van der Waals surface area contributed by atoms with Gasteiger partial charge in [-0.1, -0.05) is 11.6 Å². The van der Waals surface area contributed by atoms with Crippen molar-refractivity contribution in [1.29, 1.82) is 0 Å². The van der Waals surface area contributed by atoms with Gasteiger partial charge in [0.25, 0.3) is 10.0 Å². The van der Waals surface area contributed by atoms with Crippen molar-refractivity contribution in [2.75, 3.05) is 17.9 Å². The summed E-state index contributed by atoms with van der Waals surface area (Å²) in [6.07, 6.45) is 0. The first-order chi connectivity index (χ1) is 11.4. The van der Waals surface area contributed by atoms with Gasteiger partial charge >= 0.3 is 5.97 Å². The highest BCUT2D eigenvalue weighted by molar-refractivity contribution is 7.92. The number of hydrogen-bond acceptors (Lipinski definition) is 5. The largest absolute Gasteiger partial charge is 0.486 e. The third-order valence-corrected chi connectivity index (χ3v) is 4.87. The van der Waals surface area contributed by atoms with E-state index in [-0.39, 0.29) is 35.2 Å². The molecule has 0 unspecified atom stereocenters. The van der Waals surface area contributed by atoms with E-state index in [2.05, 4.69) is 4.72 Å². The van der Waals surface area contributed by atoms with Gasteiger partial charge in [0.2, 0.25) is 0 Å². The lowest BCUT2D eigenvalue weighted by molar-refractivity contribution is 0.0685. The summed E-state index contributed by atoms with van der Waals surface area (Å²) < 4.78 is 38.0. The summed E-state index contributed by atoms with van der Waals surface area (Å²) in [7, 11) is -4.01. The predicted molar refractivity (Wildman–Crippen MR) is 86.7 cm³/mol. The highest BCUT2D eigenvalue weighted by Gasteiger charge is 2.26. The number of carboxylic acids is 1. The minimum atomic E-state index is -4.01. The fourth-order valence-corrected chi connectivity index (χ4v) is 3.40. The fraction of sp³-hybridized carbons (Fsp3) is 0.133. The van der Waals surface area contributed by atoms with Crippen LogP contribution in [0, 0.1) is 0 Å². The molecule has 2 aromatic carbocycles. The van der Waals surface area contributed by atoms with E-state index in [9.17, 15) is 18.3 Å². The molecule has 0 saturated carbocycles. The van der Waals surface area contributed by atoms with Crippen LogP contribution in [0.15, 0.2) is 41.3 Å². The molecule has 7 nitrogen and oxygen atoms in total. The third kappa shape index (κ3) is 3.24. The molecule has 0 fully saturated rings. The van der Waals surface area contributed by atoms with E-state index in [1.165, 1.54) is 30.3 Å². The van der Waals surface area contributed by atoms with Crippen LogP contribution in [0.2, 0.25) is 5.02 Å². The average molecular weight is 370 g/mol. The maximum absolute atomic E-state index is 12.5. The Kier molecular flexibility index (Phi) is 4.25. The van der Waals surface area contributed by atoms with E-state index in [4.69, 9.17) is 21.1 Å². The van der Waals surface area contributed by atoms with Gasteiger partial charge in [0.05, 0.1) is 4.90 Å². The Hall–Kier alpha value is -2.45. The first-order valence-corrected chi connectivity index (χ1v) is 8.68. The molecule has 0 atom stereocenters. The van der Waals surface area contributed by atoms with Crippen LogP contribution in [-0.4, -0.2) is 32.7 Å². The van der Waals surface area contributed by atoms with Gasteiger partial charge in [0.15, 0.2) is 11.5 Å². The SMILES string of the molecule is O=C(O)c1cc(S(=O)(=O)Nc2ccc(Cl)cc2)cc2c1OCCO2. The second kappa shape index (κ2) is 6.21. The molecule has 0 bridgehead atoms. The van der Waals surface area contributed by atoms with Gasteiger partial charge in [0.1, 0.15) is 18.8 Å². The topological polar surface area (TPSA) is 102 Å². The minimum Gasteiger partial charge on any atom is -0.486 e. The number of halogens is 1. The van der Waals surface area contributed by atoms with Gasteiger partial charge < -0.3 is 14.6 Å². The molecule has 1 heterocycles. The van der Waals surface area contributed by atoms with E-state index in [0.29, 0.717) is 10.7 Å². The summed E-state index contributed by atoms with van der Waals surface area (Å²) >= 11 is 5.76. The average Bonchev–Trinajstić information content (AvgIpc) is 2.55. The number of sulfonamides is 1. The molecule has 24 heavy (non-hydrogen) atoms. The number of anilines is 1. The molecule has 1 aliphatic rings. The first kappa shape index (κ1) is 16.4. The van der Waals surface area contributed by atoms with E-state index >= 15 is 0 Å². The number of ether oxygens (including phenoxy) is 2. The molecule has 0 saturated heterocycles. The number of benzene rings is 2. The van der Waals surface area contributed by atoms with Crippen LogP contribution in [0.5, 0.6) is 11.5 Å². The lowest BCUT2D eigenvalue weighted by Crippen LogP contribution is -2.20. The van der Waals surface area contributed by atoms with Crippen molar-refractivity contribution in [2.45, 2.75) is 4.90 Å². The third-order valence-electron chi connectivity index (χ3n) is 3.25. The standard InChI is InChI=1S/C15H12ClNO6S/c16-9-1-3-10(4-2-9)17-24(20,21)11-7-12(15(18)19)14-13(8-11)22-5-6-23-14/h1-4,7-8,17H,5-6H2,(H,18,19). The van der Waals surface area contributed by atoms with Crippen molar-refractivity contribution >= 4 is 33.3 Å². The quantitative estimate of drug-likeness (QED) is 0.858. The van der Waals surface area contributed by atoms with Crippen molar-refractivity contribution in [1.82, 2.24) is 0 Å². The van der Waals surface area contributed by atoms with Crippen LogP contribution in [0.3, 0.4) is 0 Å². The molecule has 126 valence electrons. The smallest absolute Gasteiger partial charge is 0.339 e. The second-order valence-electron chi connectivity index (χ2n) is 4.91. The molecule has 0 radical (unpaired) electrons. The number of fused-ring (bicyclic) bond motifs is 1. The Morgan fingerprint density at radius 3 is 2.46 bits per heavy atom. The predicted octanol–water partition coefficient (Wildman–Crippen LogP) is 2.61. The Morgan fingerprint density at radius 1 is 1.12 bits per heavy atom. The molecule has 2 N–H and O–H groups in total. The summed E-state index contributed by atoms with van der Waals surface area (Å²) in [5, 5.41) is 9.75. The molecule has 0 spiro atoms. The summed E-state index contributed by atoms with van der Waals surface area (Å²) in [5.74, 6) is -1.20. The highest BCUT2D eigenvalue weighted by atomic mass is 35.5. The number of aromatic carboxylic acids is 1. The number of carbonyl (C=O) groups is 1. The van der Waals surface area contributed by atoms with Gasteiger partial charge in [-0.25, -0.2) is 13.2 Å². The minimum absolute atomic E-state index is 0.0270. The molecule has 9 heteroatoms. The van der Waals surface area contributed by atoms with Crippen molar-refractivity contribution in [3.63, 3.8) is 0 Å². The lowest BCUT2D eigenvalue weighted by Gasteiger charge is -2.21. The van der Waals surface area contributed by atoms with E-state index in [0.717, 1.165) is 6.07 Å². The Balaban J connectivity index is 2.02. The highest BCUT2D eigenvalue weighted by Crippen LogP contribution is 2.37. The fourth-order valence-electron chi connectivity index (χ4n) is 2.17. The molecular formula is C15H12ClNO6S. The number of nitrogens with one attached hydrogen (secondary N) is 1. The maximum atomic E-state index is 12.5. The molecule has 1 aliphatic heterocycles. The van der Waals surface area contributed by atoms with Crippen molar-refractivity contribution in [3.05, 3.63) is 47.0 Å². The lowest BCUT2D eigenvalue weighted by atomic mass is 10.2. The normalized spacial score (nSPS) is 13.4. The number of carboxylic acid groups (broad SMARTS) is 1. The Labute approximate surface area is 142 Å². The van der Waals surface area contributed by atoms with Crippen molar-refractivity contribution in [2.24, 2.45) is 0 Å². The monoisotopic (exact) mass is 369 g/mol. The van der Waals surface area contributed by atoms with Crippen LogP contribution in [0.4, 0.5) is 5.69 Å². The molecule has 0 aromatic heterocycles. The van der Waals surface area contributed by atoms with Crippen LogP contribution in [0.25, 0.3) is 0 Å². The summed E-state index contributed by atoms with van der Waals surface area (Å²) in [6, 6.07) is 8.33. The van der Waals surface area contributed by atoms with Crippen LogP contribution in [-0.2, 0) is 10.0 Å². The van der Waals surface area contributed by atoms with Gasteiger partial charge in [-0.3, -0.25) is 4.72 Å². The van der Waals surface area contributed by atoms with E-state index in [1.54, 1.807) is 0 Å². The number of hydrogen-bond donors (Lipinski definition) is 2. The summed E-state index contributed by atoms with van der Waals surface area (Å²) in [5.41, 5.74) is 0.0230. The molecule has 0 aliphatic carbocycles. The van der Waals surface area contributed by atoms with Crippen molar-refractivity contribution < 1.29 is 27.8 Å². The summed E-state index contributed by atoms with van der Waals surface area (Å²) in [4.78, 5) is 11.1. The van der Waals surface area contributed by atoms with Crippen molar-refractivity contribution in [3.8, 4) is 11.5 Å². The Morgan fingerprint density at radius 2 is 1.79 bits per heavy atom. The Bertz CT molecular complexity index is 895. The number of rotatable bonds is 4. The van der Waals surface area contributed by atoms with E-state index in [1.807, 2.05) is 0 Å². The zero-order valence-electron chi connectivity index (χ0n) is 12.2. The zero-order valence-corrected chi connectivity index (χ0v) is 13.7. The van der Waals surface area contributed by atoms with Crippen LogP contribution in [0.1, 0.15) is 10.4 Å². The molecule has 0 amide bonds. The van der Waals surface area contributed by atoms with Gasteiger partial charge in [-0.05, 0) is 30.3 Å². The van der Waals surface area contributed by atoms with Gasteiger partial charge in [0, 0.05) is 16.8 Å². The molecular weight excluding hydrogens is 358 g/mol. The molecule has 2 aromatic rings. The molecule has 3 rings (SSSR count). The van der Waals surface area contributed by atoms with Gasteiger partial charge in [-0.15, -0.1) is 0 Å². The zero-order chi connectivity index (χ0) is 17.3. The first-order valence-electron chi connectivity index (χ1n) is 6.82. The maximum Gasteiger partial charge on any atom is 0.339 e. The summed E-state index contributed by atoms with van der Waals surface area (Å²) in [6.45, 7) is 0.405. The van der Waals surface area contributed by atoms with Crippen LogP contribution < -0.4 is 14.2 Å². The van der Waals surface area contributed by atoms with Crippen LogP contribution >= 0.6 is 11.6 Å².